The van der Waals surface area contributed by atoms with Gasteiger partial charge in [-0.15, -0.1) is 26.3 Å². The van der Waals surface area contributed by atoms with E-state index in [0.717, 1.165) is 19.3 Å². The quantitative estimate of drug-likeness (QED) is 0.251. The van der Waals surface area contributed by atoms with Gasteiger partial charge in [0.25, 0.3) is 0 Å². The van der Waals surface area contributed by atoms with Gasteiger partial charge in [-0.05, 0) is 55.4 Å². The summed E-state index contributed by atoms with van der Waals surface area (Å²) in [6.07, 6.45) is 3.15. The first-order valence-electron chi connectivity index (χ1n) is 12.0. The van der Waals surface area contributed by atoms with E-state index in [1.54, 1.807) is 0 Å². The van der Waals surface area contributed by atoms with Gasteiger partial charge in [0.15, 0.2) is 0 Å². The van der Waals surface area contributed by atoms with Gasteiger partial charge in [0.05, 0.1) is 0 Å². The third kappa shape index (κ3) is 11.7. The zero-order valence-electron chi connectivity index (χ0n) is 21.5. The fourth-order valence-electron chi connectivity index (χ4n) is 3.43. The van der Waals surface area contributed by atoms with Gasteiger partial charge in [0, 0.05) is 0 Å². The van der Waals surface area contributed by atoms with E-state index in [1.807, 2.05) is 6.07 Å². The lowest BCUT2D eigenvalue weighted by atomic mass is 9.99. The summed E-state index contributed by atoms with van der Waals surface area (Å²) in [5.41, 5.74) is 9.24. The number of allylic oxidation sites excluding steroid dienone is 1. The van der Waals surface area contributed by atoms with E-state index in [-0.39, 0.29) is 0 Å². The summed E-state index contributed by atoms with van der Waals surface area (Å²) in [4.78, 5) is 0. The van der Waals surface area contributed by atoms with Crippen LogP contribution in [0.25, 0.3) is 11.1 Å². The fraction of sp³-hybridized carbons (Fsp3) is 0.143. The first-order valence-corrected chi connectivity index (χ1v) is 12.0. The standard InChI is InChI=1S/C18H20.C13H12.2C2H4/c1-15-8-12-18(13-9-15)14-16(2)10-11-17-6-4-3-5-7-17;1-11-7-9-13(10-8-11)12-5-3-2-4-6-12;2*1-2/h3-9,12-13H,2,10-11,14H2,1H3;2-10H,1H3;2*1-2H2. The highest BCUT2D eigenvalue weighted by Crippen LogP contribution is 2.18. The average molecular weight is 461 g/mol. The Kier molecular flexibility index (Phi) is 14.6. The second-order valence-corrected chi connectivity index (χ2v) is 8.13. The zero-order chi connectivity index (χ0) is 25.9. The molecule has 0 aromatic heterocycles. The van der Waals surface area contributed by atoms with Crippen molar-refractivity contribution in [3.8, 4) is 11.1 Å². The lowest BCUT2D eigenvalue weighted by molar-refractivity contribution is 0.904. The van der Waals surface area contributed by atoms with Crippen LogP contribution >= 0.6 is 0 Å². The monoisotopic (exact) mass is 460 g/mol. The predicted molar refractivity (Wildman–Crippen MR) is 158 cm³/mol. The minimum Gasteiger partial charge on any atom is -0.106 e. The Labute approximate surface area is 214 Å². The SMILES string of the molecule is C=C.C=C.C=C(CCc1ccccc1)Cc1ccc(C)cc1.Cc1ccc(-c2ccccc2)cc1. The van der Waals surface area contributed by atoms with Crippen molar-refractivity contribution in [2.24, 2.45) is 0 Å². The Hall–Kier alpha value is -3.90. The molecule has 0 aliphatic carbocycles. The molecular weight excluding hydrogens is 420 g/mol. The van der Waals surface area contributed by atoms with Gasteiger partial charge < -0.3 is 0 Å². The van der Waals surface area contributed by atoms with Crippen molar-refractivity contribution < 1.29 is 0 Å². The fourth-order valence-corrected chi connectivity index (χ4v) is 3.43. The number of aryl methyl sites for hydroxylation is 3. The second-order valence-electron chi connectivity index (χ2n) is 8.13. The maximum atomic E-state index is 4.19. The molecule has 180 valence electrons. The number of hydrogen-bond donors (Lipinski definition) is 0. The minimum atomic E-state index is 0.993. The molecule has 0 nitrogen and oxygen atoms in total. The highest BCUT2D eigenvalue weighted by atomic mass is 14.0. The second kappa shape index (κ2) is 17.6. The minimum absolute atomic E-state index is 0.993. The van der Waals surface area contributed by atoms with Crippen LogP contribution in [-0.4, -0.2) is 0 Å². The molecule has 0 aliphatic heterocycles. The summed E-state index contributed by atoms with van der Waals surface area (Å²) < 4.78 is 0. The summed E-state index contributed by atoms with van der Waals surface area (Å²) in [5, 5.41) is 0. The zero-order valence-corrected chi connectivity index (χ0v) is 21.5. The van der Waals surface area contributed by atoms with Crippen LogP contribution in [0, 0.1) is 13.8 Å². The van der Waals surface area contributed by atoms with Gasteiger partial charge in [-0.2, -0.15) is 0 Å². The summed E-state index contributed by atoms with van der Waals surface area (Å²) in [5.74, 6) is 0. The summed E-state index contributed by atoms with van der Waals surface area (Å²) in [6, 6.07) is 38.4. The van der Waals surface area contributed by atoms with Crippen LogP contribution in [0.5, 0.6) is 0 Å². The summed E-state index contributed by atoms with van der Waals surface area (Å²) in [7, 11) is 0. The van der Waals surface area contributed by atoms with E-state index in [0.29, 0.717) is 0 Å². The molecule has 0 amide bonds. The predicted octanol–water partition coefficient (Wildman–Crippen LogP) is 9.99. The van der Waals surface area contributed by atoms with Crippen LogP contribution in [0.2, 0.25) is 0 Å². The lowest BCUT2D eigenvalue weighted by Crippen LogP contribution is -1.93. The molecule has 0 radical (unpaired) electrons. The topological polar surface area (TPSA) is 0 Å². The van der Waals surface area contributed by atoms with Crippen molar-refractivity contribution >= 4 is 0 Å². The number of rotatable bonds is 6. The Morgan fingerprint density at radius 3 is 1.46 bits per heavy atom. The highest BCUT2D eigenvalue weighted by molar-refractivity contribution is 5.63. The van der Waals surface area contributed by atoms with Crippen molar-refractivity contribution in [3.05, 3.63) is 170 Å². The van der Waals surface area contributed by atoms with Crippen LogP contribution in [-0.2, 0) is 12.8 Å². The molecule has 0 aliphatic rings. The average Bonchev–Trinajstić information content (AvgIpc) is 2.93. The van der Waals surface area contributed by atoms with Gasteiger partial charge in [-0.1, -0.05) is 132 Å². The summed E-state index contributed by atoms with van der Waals surface area (Å²) in [6.45, 7) is 20.4. The van der Waals surface area contributed by atoms with E-state index in [4.69, 9.17) is 0 Å². The molecule has 0 fully saturated rings. The largest absolute Gasteiger partial charge is 0.106 e. The first kappa shape index (κ1) is 29.1. The van der Waals surface area contributed by atoms with E-state index in [2.05, 4.69) is 150 Å². The van der Waals surface area contributed by atoms with Crippen molar-refractivity contribution in [2.45, 2.75) is 33.1 Å². The number of benzene rings is 4. The van der Waals surface area contributed by atoms with Crippen LogP contribution in [0.4, 0.5) is 0 Å². The normalized spacial score (nSPS) is 9.20. The molecule has 0 atom stereocenters. The highest BCUT2D eigenvalue weighted by Gasteiger charge is 1.99. The van der Waals surface area contributed by atoms with Crippen molar-refractivity contribution in [2.75, 3.05) is 0 Å². The molecule has 0 saturated heterocycles. The van der Waals surface area contributed by atoms with E-state index >= 15 is 0 Å². The Balaban J connectivity index is 0.000000318. The molecule has 4 aromatic rings. The maximum absolute atomic E-state index is 4.19. The van der Waals surface area contributed by atoms with Crippen LogP contribution in [0.15, 0.2) is 148 Å². The third-order valence-corrected chi connectivity index (χ3v) is 5.34. The van der Waals surface area contributed by atoms with Crippen molar-refractivity contribution in [1.82, 2.24) is 0 Å². The molecule has 0 heterocycles. The molecule has 4 aromatic carbocycles. The van der Waals surface area contributed by atoms with Crippen molar-refractivity contribution in [3.63, 3.8) is 0 Å². The maximum Gasteiger partial charge on any atom is -0.00697 e. The number of hydrogen-bond acceptors (Lipinski definition) is 0. The van der Waals surface area contributed by atoms with Gasteiger partial charge in [0.1, 0.15) is 0 Å². The van der Waals surface area contributed by atoms with Crippen molar-refractivity contribution in [1.29, 1.82) is 0 Å². The molecule has 35 heavy (non-hydrogen) atoms. The van der Waals surface area contributed by atoms with Gasteiger partial charge in [-0.3, -0.25) is 0 Å². The third-order valence-electron chi connectivity index (χ3n) is 5.34. The van der Waals surface area contributed by atoms with Gasteiger partial charge >= 0.3 is 0 Å². The van der Waals surface area contributed by atoms with E-state index < -0.39 is 0 Å². The van der Waals surface area contributed by atoms with Gasteiger partial charge in [-0.25, -0.2) is 0 Å². The smallest absolute Gasteiger partial charge is 0.00697 e. The van der Waals surface area contributed by atoms with Crippen LogP contribution in [0.1, 0.15) is 28.7 Å². The lowest BCUT2D eigenvalue weighted by Gasteiger charge is -2.06. The molecular formula is C35H40. The molecule has 0 heteroatoms. The van der Waals surface area contributed by atoms with Crippen LogP contribution < -0.4 is 0 Å². The summed E-state index contributed by atoms with van der Waals surface area (Å²) >= 11 is 0. The molecule has 0 spiro atoms. The van der Waals surface area contributed by atoms with Crippen LogP contribution in [0.3, 0.4) is 0 Å². The molecule has 0 unspecified atom stereocenters. The molecule has 4 rings (SSSR count). The molecule has 0 bridgehead atoms. The Bertz CT molecular complexity index is 1070. The Morgan fingerprint density at radius 1 is 0.514 bits per heavy atom. The van der Waals surface area contributed by atoms with Gasteiger partial charge in [0.2, 0.25) is 0 Å². The van der Waals surface area contributed by atoms with E-state index in [9.17, 15) is 0 Å². The first-order chi connectivity index (χ1) is 17.1. The molecule has 0 saturated carbocycles. The van der Waals surface area contributed by atoms with E-state index in [1.165, 1.54) is 39.0 Å². The Morgan fingerprint density at radius 2 is 0.943 bits per heavy atom. The molecule has 0 N–H and O–H groups in total.